The van der Waals surface area contributed by atoms with Gasteiger partial charge < -0.3 is 5.32 Å². The second kappa shape index (κ2) is 6.60. The molecule has 0 saturated heterocycles. The molecule has 0 aliphatic heterocycles. The lowest BCUT2D eigenvalue weighted by Gasteiger charge is -2.06. The first-order chi connectivity index (χ1) is 12.6. The fourth-order valence-corrected chi connectivity index (χ4v) is 3.64. The van der Waals surface area contributed by atoms with Crippen LogP contribution in [0, 0.1) is 0 Å². The third-order valence-corrected chi connectivity index (χ3v) is 4.81. The second-order valence-corrected chi connectivity index (χ2v) is 6.61. The van der Waals surface area contributed by atoms with Gasteiger partial charge in [0.05, 0.1) is 0 Å². The fraction of sp³-hybridized carbons (Fsp3) is 0.130. The zero-order valence-corrected chi connectivity index (χ0v) is 14.6. The largest absolute Gasteiger partial charge is 0.326 e. The van der Waals surface area contributed by atoms with Gasteiger partial charge in [-0.15, -0.1) is 0 Å². The van der Waals surface area contributed by atoms with Crippen molar-refractivity contribution < 1.29 is 9.59 Å². The van der Waals surface area contributed by atoms with Gasteiger partial charge in [-0.3, -0.25) is 9.59 Å². The maximum absolute atomic E-state index is 12.7. The highest BCUT2D eigenvalue weighted by molar-refractivity contribution is 6.11. The molecule has 1 aliphatic carbocycles. The van der Waals surface area contributed by atoms with Gasteiger partial charge in [-0.05, 0) is 58.5 Å². The van der Waals surface area contributed by atoms with Gasteiger partial charge in [0.25, 0.3) is 0 Å². The van der Waals surface area contributed by atoms with Crippen LogP contribution in [0.5, 0.6) is 0 Å². The highest BCUT2D eigenvalue weighted by Gasteiger charge is 2.19. The molecule has 0 bridgehead atoms. The minimum atomic E-state index is -0.0998. The molecule has 0 atom stereocenters. The van der Waals surface area contributed by atoms with E-state index < -0.39 is 0 Å². The predicted molar refractivity (Wildman–Crippen MR) is 105 cm³/mol. The third kappa shape index (κ3) is 3.04. The summed E-state index contributed by atoms with van der Waals surface area (Å²) < 4.78 is 0. The summed E-state index contributed by atoms with van der Waals surface area (Å²) in [5, 5.41) is 5.20. The molecule has 0 spiro atoms. The van der Waals surface area contributed by atoms with Gasteiger partial charge in [0, 0.05) is 18.2 Å². The molecule has 1 N–H and O–H groups in total. The van der Waals surface area contributed by atoms with Crippen LogP contribution in [0.4, 0.5) is 5.69 Å². The summed E-state index contributed by atoms with van der Waals surface area (Å²) in [6.45, 7) is 1.48. The SMILES string of the molecule is CC(=O)Nc1ccc(C=CC(=O)c2ccc3cccc4c3c2CC4)cc1. The van der Waals surface area contributed by atoms with Crippen molar-refractivity contribution in [3.63, 3.8) is 0 Å². The smallest absolute Gasteiger partial charge is 0.221 e. The molecule has 0 radical (unpaired) electrons. The van der Waals surface area contributed by atoms with E-state index in [4.69, 9.17) is 0 Å². The Balaban J connectivity index is 1.59. The normalized spacial score (nSPS) is 12.7. The average molecular weight is 341 g/mol. The monoisotopic (exact) mass is 341 g/mol. The average Bonchev–Trinajstić information content (AvgIpc) is 3.07. The van der Waals surface area contributed by atoms with E-state index in [1.165, 1.54) is 28.8 Å². The van der Waals surface area contributed by atoms with Crippen LogP contribution in [0.15, 0.2) is 60.7 Å². The fourth-order valence-electron chi connectivity index (χ4n) is 3.64. The predicted octanol–water partition coefficient (Wildman–Crippen LogP) is 4.79. The number of hydrogen-bond donors (Lipinski definition) is 1. The summed E-state index contributed by atoms with van der Waals surface area (Å²) in [6, 6.07) is 17.7. The van der Waals surface area contributed by atoms with Crippen LogP contribution in [-0.2, 0) is 17.6 Å². The van der Waals surface area contributed by atoms with Crippen molar-refractivity contribution in [1.82, 2.24) is 0 Å². The van der Waals surface area contributed by atoms with Crippen LogP contribution in [-0.4, -0.2) is 11.7 Å². The summed E-state index contributed by atoms with van der Waals surface area (Å²) in [5.74, 6) is -0.0678. The molecule has 26 heavy (non-hydrogen) atoms. The molecule has 4 rings (SSSR count). The first-order valence-electron chi connectivity index (χ1n) is 8.75. The molecule has 3 aromatic carbocycles. The summed E-state index contributed by atoms with van der Waals surface area (Å²) in [6.07, 6.45) is 5.38. The van der Waals surface area contributed by atoms with Gasteiger partial charge in [-0.1, -0.05) is 48.5 Å². The Morgan fingerprint density at radius 1 is 0.962 bits per heavy atom. The van der Waals surface area contributed by atoms with Gasteiger partial charge in [0.1, 0.15) is 0 Å². The van der Waals surface area contributed by atoms with Crippen molar-refractivity contribution >= 4 is 34.2 Å². The van der Waals surface area contributed by atoms with Gasteiger partial charge in [-0.2, -0.15) is 0 Å². The Kier molecular flexibility index (Phi) is 4.13. The Labute approximate surface area is 152 Å². The van der Waals surface area contributed by atoms with Crippen LogP contribution in [0.1, 0.15) is 34.0 Å². The molecule has 0 unspecified atom stereocenters. The van der Waals surface area contributed by atoms with Crippen molar-refractivity contribution in [2.45, 2.75) is 19.8 Å². The number of nitrogens with one attached hydrogen (secondary N) is 1. The number of allylic oxidation sites excluding steroid dienone is 1. The molecule has 1 amide bonds. The number of anilines is 1. The highest BCUT2D eigenvalue weighted by atomic mass is 16.1. The Bertz CT molecular complexity index is 1050. The van der Waals surface area contributed by atoms with Crippen molar-refractivity contribution in [2.24, 2.45) is 0 Å². The first kappa shape index (κ1) is 16.3. The molecule has 3 heteroatoms. The van der Waals surface area contributed by atoms with Gasteiger partial charge in [0.2, 0.25) is 5.91 Å². The number of hydrogen-bond acceptors (Lipinski definition) is 2. The van der Waals surface area contributed by atoms with Crippen molar-refractivity contribution in [3.8, 4) is 0 Å². The summed E-state index contributed by atoms with van der Waals surface area (Å²) >= 11 is 0. The lowest BCUT2D eigenvalue weighted by molar-refractivity contribution is -0.114. The van der Waals surface area contributed by atoms with E-state index in [2.05, 4.69) is 23.5 Å². The van der Waals surface area contributed by atoms with Crippen molar-refractivity contribution in [1.29, 1.82) is 0 Å². The molecule has 3 aromatic rings. The van der Waals surface area contributed by atoms with Crippen LogP contribution in [0.3, 0.4) is 0 Å². The quantitative estimate of drug-likeness (QED) is 0.548. The van der Waals surface area contributed by atoms with Crippen molar-refractivity contribution in [2.75, 3.05) is 5.32 Å². The van der Waals surface area contributed by atoms with Crippen molar-refractivity contribution in [3.05, 3.63) is 82.9 Å². The molecule has 3 nitrogen and oxygen atoms in total. The lowest BCUT2D eigenvalue weighted by Crippen LogP contribution is -2.05. The molecular weight excluding hydrogens is 322 g/mol. The number of ketones is 1. The number of rotatable bonds is 4. The third-order valence-electron chi connectivity index (χ3n) is 4.81. The summed E-state index contributed by atoms with van der Waals surface area (Å²) in [5.41, 5.74) is 4.98. The molecule has 0 fully saturated rings. The number of amides is 1. The number of benzene rings is 3. The van der Waals surface area contributed by atoms with Crippen LogP contribution in [0.25, 0.3) is 16.8 Å². The van der Waals surface area contributed by atoms with E-state index in [9.17, 15) is 9.59 Å². The van der Waals surface area contributed by atoms with Gasteiger partial charge in [-0.25, -0.2) is 0 Å². The maximum Gasteiger partial charge on any atom is 0.221 e. The van der Waals surface area contributed by atoms with E-state index in [1.54, 1.807) is 6.08 Å². The molecule has 1 aliphatic rings. The molecule has 0 saturated carbocycles. The molecule has 0 aromatic heterocycles. The zero-order chi connectivity index (χ0) is 18.1. The van der Waals surface area contributed by atoms with Crippen LogP contribution < -0.4 is 5.32 Å². The maximum atomic E-state index is 12.7. The summed E-state index contributed by atoms with van der Waals surface area (Å²) in [4.78, 5) is 23.8. The van der Waals surface area contributed by atoms with E-state index in [1.807, 2.05) is 42.5 Å². The highest BCUT2D eigenvalue weighted by Crippen LogP contribution is 2.33. The molecule has 0 heterocycles. The lowest BCUT2D eigenvalue weighted by atomic mass is 9.97. The number of aryl methyl sites for hydroxylation is 2. The van der Waals surface area contributed by atoms with Crippen LogP contribution in [0.2, 0.25) is 0 Å². The van der Waals surface area contributed by atoms with Gasteiger partial charge >= 0.3 is 0 Å². The minimum absolute atomic E-state index is 0.0320. The van der Waals surface area contributed by atoms with E-state index >= 15 is 0 Å². The Hall–Kier alpha value is -3.20. The zero-order valence-electron chi connectivity index (χ0n) is 14.6. The topological polar surface area (TPSA) is 46.2 Å². The summed E-state index contributed by atoms with van der Waals surface area (Å²) in [7, 11) is 0. The number of carbonyl (C=O) groups excluding carboxylic acids is 2. The van der Waals surface area contributed by atoms with Gasteiger partial charge in [0.15, 0.2) is 5.78 Å². The van der Waals surface area contributed by atoms with Crippen LogP contribution >= 0.6 is 0 Å². The standard InChI is InChI=1S/C23H19NO2/c1-15(25)24-19-10-5-16(6-11-19)7-14-22(26)20-12-8-17-3-2-4-18-9-13-21(20)23(17)18/h2-8,10-12,14H,9,13H2,1H3,(H,24,25). The van der Waals surface area contributed by atoms with E-state index in [0.717, 1.165) is 29.7 Å². The Morgan fingerprint density at radius 3 is 2.54 bits per heavy atom. The minimum Gasteiger partial charge on any atom is -0.326 e. The Morgan fingerprint density at radius 2 is 1.77 bits per heavy atom. The van der Waals surface area contributed by atoms with E-state index in [0.29, 0.717) is 0 Å². The second-order valence-electron chi connectivity index (χ2n) is 6.61. The molecular formula is C23H19NO2. The van der Waals surface area contributed by atoms with E-state index in [-0.39, 0.29) is 11.7 Å². The molecule has 128 valence electrons. The number of carbonyl (C=O) groups is 2. The first-order valence-corrected chi connectivity index (χ1v) is 8.75.